The molecule has 1 saturated carbocycles. The highest BCUT2D eigenvalue weighted by atomic mass is 32.2. The summed E-state index contributed by atoms with van der Waals surface area (Å²) in [6.45, 7) is 2.19. The van der Waals surface area contributed by atoms with E-state index in [9.17, 15) is 13.2 Å². The van der Waals surface area contributed by atoms with E-state index in [0.717, 1.165) is 19.1 Å². The highest BCUT2D eigenvalue weighted by Gasteiger charge is 2.36. The molecule has 0 aliphatic heterocycles. The summed E-state index contributed by atoms with van der Waals surface area (Å²) in [5.74, 6) is 0.213. The number of para-hydroxylation sites is 2. The second-order valence-corrected chi connectivity index (χ2v) is 6.95. The average molecular weight is 312 g/mol. The largest absolute Gasteiger partial charge is 0.492 e. The number of nitrogens with one attached hydrogen (secondary N) is 1. The SMILES string of the molecule is CCOc1ccccc1NC(=O)CN(C1CC1)S(C)(=O)=O. The number of nitrogens with zero attached hydrogens (tertiary/aromatic N) is 1. The number of ether oxygens (including phenoxy) is 1. The minimum absolute atomic E-state index is 0.0344. The summed E-state index contributed by atoms with van der Waals surface area (Å²) in [4.78, 5) is 12.1. The first-order valence-corrected chi connectivity index (χ1v) is 8.75. The first kappa shape index (κ1) is 15.8. The maximum atomic E-state index is 12.1. The molecular formula is C14H20N2O4S. The second-order valence-electron chi connectivity index (χ2n) is 5.02. The molecule has 0 aromatic heterocycles. The zero-order valence-corrected chi connectivity index (χ0v) is 13.0. The third-order valence-electron chi connectivity index (χ3n) is 3.14. The number of carbonyl (C=O) groups is 1. The molecule has 7 heteroatoms. The normalized spacial score (nSPS) is 15.0. The highest BCUT2D eigenvalue weighted by Crippen LogP contribution is 2.29. The Balaban J connectivity index is 2.04. The number of sulfonamides is 1. The first-order chi connectivity index (χ1) is 9.91. The Labute approximate surface area is 125 Å². The van der Waals surface area contributed by atoms with Gasteiger partial charge in [-0.3, -0.25) is 4.79 Å². The van der Waals surface area contributed by atoms with Gasteiger partial charge in [-0.25, -0.2) is 8.42 Å². The van der Waals surface area contributed by atoms with Gasteiger partial charge in [-0.05, 0) is 31.9 Å². The van der Waals surface area contributed by atoms with Crippen molar-refractivity contribution in [2.24, 2.45) is 0 Å². The number of rotatable bonds is 7. The number of hydrogen-bond acceptors (Lipinski definition) is 4. The fourth-order valence-electron chi connectivity index (χ4n) is 2.06. The van der Waals surface area contributed by atoms with Crippen LogP contribution in [-0.4, -0.2) is 44.1 Å². The summed E-state index contributed by atoms with van der Waals surface area (Å²) in [6.07, 6.45) is 2.76. The zero-order valence-electron chi connectivity index (χ0n) is 12.2. The van der Waals surface area contributed by atoms with Crippen molar-refractivity contribution in [2.45, 2.75) is 25.8 Å². The minimum atomic E-state index is -3.37. The second kappa shape index (κ2) is 6.44. The van der Waals surface area contributed by atoms with Gasteiger partial charge >= 0.3 is 0 Å². The fourth-order valence-corrected chi connectivity index (χ4v) is 3.17. The van der Waals surface area contributed by atoms with E-state index < -0.39 is 10.0 Å². The van der Waals surface area contributed by atoms with Gasteiger partial charge in [-0.2, -0.15) is 4.31 Å². The third kappa shape index (κ3) is 4.44. The number of amides is 1. The molecule has 1 aromatic carbocycles. The van der Waals surface area contributed by atoms with Crippen LogP contribution < -0.4 is 10.1 Å². The summed E-state index contributed by atoms with van der Waals surface area (Å²) >= 11 is 0. The Morgan fingerprint density at radius 2 is 2.05 bits per heavy atom. The van der Waals surface area contributed by atoms with Crippen molar-refractivity contribution in [3.05, 3.63) is 24.3 Å². The zero-order chi connectivity index (χ0) is 15.5. The van der Waals surface area contributed by atoms with E-state index in [-0.39, 0.29) is 18.5 Å². The Hall–Kier alpha value is -1.60. The van der Waals surface area contributed by atoms with Gasteiger partial charge in [0.2, 0.25) is 15.9 Å². The van der Waals surface area contributed by atoms with E-state index in [0.29, 0.717) is 18.0 Å². The number of anilines is 1. The van der Waals surface area contributed by atoms with E-state index in [1.54, 1.807) is 18.2 Å². The molecule has 1 fully saturated rings. The Morgan fingerprint density at radius 1 is 1.38 bits per heavy atom. The molecule has 1 aliphatic carbocycles. The lowest BCUT2D eigenvalue weighted by Crippen LogP contribution is -2.38. The highest BCUT2D eigenvalue weighted by molar-refractivity contribution is 7.88. The van der Waals surface area contributed by atoms with Gasteiger partial charge in [0.1, 0.15) is 5.75 Å². The molecule has 0 radical (unpaired) electrons. The predicted molar refractivity (Wildman–Crippen MR) is 80.8 cm³/mol. The lowest BCUT2D eigenvalue weighted by molar-refractivity contribution is -0.116. The smallest absolute Gasteiger partial charge is 0.239 e. The van der Waals surface area contributed by atoms with Crippen LogP contribution in [-0.2, 0) is 14.8 Å². The molecule has 0 atom stereocenters. The van der Waals surface area contributed by atoms with Gasteiger partial charge in [0.15, 0.2) is 0 Å². The van der Waals surface area contributed by atoms with Crippen LogP contribution in [0.4, 0.5) is 5.69 Å². The van der Waals surface area contributed by atoms with E-state index in [2.05, 4.69) is 5.32 Å². The summed E-state index contributed by atoms with van der Waals surface area (Å²) in [5.41, 5.74) is 0.550. The Bertz CT molecular complexity index is 611. The lowest BCUT2D eigenvalue weighted by Gasteiger charge is -2.19. The molecule has 0 unspecified atom stereocenters. The van der Waals surface area contributed by atoms with Gasteiger partial charge in [-0.15, -0.1) is 0 Å². The summed E-state index contributed by atoms with van der Waals surface area (Å²) in [6, 6.07) is 7.05. The van der Waals surface area contributed by atoms with E-state index in [1.807, 2.05) is 13.0 Å². The van der Waals surface area contributed by atoms with Gasteiger partial charge in [0.05, 0.1) is 25.1 Å². The van der Waals surface area contributed by atoms with E-state index in [4.69, 9.17) is 4.74 Å². The molecule has 2 rings (SSSR count). The maximum absolute atomic E-state index is 12.1. The molecule has 1 N–H and O–H groups in total. The van der Waals surface area contributed by atoms with Crippen LogP contribution in [0.2, 0.25) is 0 Å². The monoisotopic (exact) mass is 312 g/mol. The van der Waals surface area contributed by atoms with Crippen molar-refractivity contribution >= 4 is 21.6 Å². The fraction of sp³-hybridized carbons (Fsp3) is 0.500. The molecular weight excluding hydrogens is 292 g/mol. The van der Waals surface area contributed by atoms with Gasteiger partial charge in [-0.1, -0.05) is 12.1 Å². The molecule has 6 nitrogen and oxygen atoms in total. The summed E-state index contributed by atoms with van der Waals surface area (Å²) in [7, 11) is -3.37. The standard InChI is InChI=1S/C14H20N2O4S/c1-3-20-13-7-5-4-6-12(13)15-14(17)10-16(11-8-9-11)21(2,18)19/h4-7,11H,3,8-10H2,1-2H3,(H,15,17). The van der Waals surface area contributed by atoms with Crippen LogP contribution in [0.15, 0.2) is 24.3 Å². The van der Waals surface area contributed by atoms with Crippen molar-refractivity contribution in [3.63, 3.8) is 0 Å². The van der Waals surface area contributed by atoms with Crippen molar-refractivity contribution in [3.8, 4) is 5.75 Å². The molecule has 21 heavy (non-hydrogen) atoms. The molecule has 1 aromatic rings. The molecule has 0 saturated heterocycles. The number of carbonyl (C=O) groups excluding carboxylic acids is 1. The summed E-state index contributed by atoms with van der Waals surface area (Å²) in [5, 5.41) is 2.71. The maximum Gasteiger partial charge on any atom is 0.239 e. The van der Waals surface area contributed by atoms with Gasteiger partial charge in [0.25, 0.3) is 0 Å². The minimum Gasteiger partial charge on any atom is -0.492 e. The molecule has 0 heterocycles. The number of benzene rings is 1. The van der Waals surface area contributed by atoms with Crippen LogP contribution >= 0.6 is 0 Å². The molecule has 0 spiro atoms. The van der Waals surface area contributed by atoms with Crippen molar-refractivity contribution in [2.75, 3.05) is 24.7 Å². The topological polar surface area (TPSA) is 75.7 Å². The average Bonchev–Trinajstić information content (AvgIpc) is 3.21. The predicted octanol–water partition coefficient (Wildman–Crippen LogP) is 1.45. The molecule has 116 valence electrons. The van der Waals surface area contributed by atoms with Crippen LogP contribution in [0, 0.1) is 0 Å². The Morgan fingerprint density at radius 3 is 2.62 bits per heavy atom. The number of hydrogen-bond donors (Lipinski definition) is 1. The molecule has 1 aliphatic rings. The quantitative estimate of drug-likeness (QED) is 0.827. The molecule has 0 bridgehead atoms. The van der Waals surface area contributed by atoms with Gasteiger partial charge < -0.3 is 10.1 Å². The van der Waals surface area contributed by atoms with Crippen molar-refractivity contribution in [1.82, 2.24) is 4.31 Å². The summed E-state index contributed by atoms with van der Waals surface area (Å²) < 4.78 is 30.1. The molecule has 1 amide bonds. The van der Waals surface area contributed by atoms with Crippen molar-refractivity contribution in [1.29, 1.82) is 0 Å². The third-order valence-corrected chi connectivity index (χ3v) is 4.42. The van der Waals surface area contributed by atoms with E-state index >= 15 is 0 Å². The van der Waals surface area contributed by atoms with Crippen molar-refractivity contribution < 1.29 is 17.9 Å². The van der Waals surface area contributed by atoms with Crippen LogP contribution in [0.5, 0.6) is 5.75 Å². The lowest BCUT2D eigenvalue weighted by atomic mass is 10.3. The first-order valence-electron chi connectivity index (χ1n) is 6.90. The Kier molecular flexibility index (Phi) is 4.84. The van der Waals surface area contributed by atoms with Gasteiger partial charge in [0, 0.05) is 6.04 Å². The van der Waals surface area contributed by atoms with Crippen LogP contribution in [0.3, 0.4) is 0 Å². The van der Waals surface area contributed by atoms with Crippen LogP contribution in [0.1, 0.15) is 19.8 Å². The van der Waals surface area contributed by atoms with Crippen LogP contribution in [0.25, 0.3) is 0 Å². The van der Waals surface area contributed by atoms with E-state index in [1.165, 1.54) is 4.31 Å².